The van der Waals surface area contributed by atoms with Crippen molar-refractivity contribution >= 4 is 11.6 Å². The normalized spacial score (nSPS) is 12.2. The van der Waals surface area contributed by atoms with Gasteiger partial charge in [0.05, 0.1) is 0 Å². The molecule has 1 rings (SSSR count). The number of primary amides is 1. The summed E-state index contributed by atoms with van der Waals surface area (Å²) in [6, 6.07) is 7.31. The zero-order valence-electron chi connectivity index (χ0n) is 9.32. The number of anilines is 1. The van der Waals surface area contributed by atoms with Gasteiger partial charge in [0.15, 0.2) is 0 Å². The van der Waals surface area contributed by atoms with Gasteiger partial charge in [0.2, 0.25) is 5.91 Å². The molecule has 0 aliphatic heterocycles. The van der Waals surface area contributed by atoms with Gasteiger partial charge >= 0.3 is 0 Å². The highest BCUT2D eigenvalue weighted by molar-refractivity contribution is 5.81. The molecule has 0 fully saturated rings. The summed E-state index contributed by atoms with van der Waals surface area (Å²) in [6.07, 6.45) is 0. The zero-order valence-corrected chi connectivity index (χ0v) is 9.32. The molecule has 0 saturated heterocycles. The fourth-order valence-corrected chi connectivity index (χ4v) is 1.44. The number of hydrogen-bond acceptors (Lipinski definition) is 3. The van der Waals surface area contributed by atoms with Crippen LogP contribution >= 0.6 is 0 Å². The lowest BCUT2D eigenvalue weighted by Crippen LogP contribution is -2.31. The summed E-state index contributed by atoms with van der Waals surface area (Å²) >= 11 is 0. The Morgan fingerprint density at radius 2 is 1.87 bits per heavy atom. The maximum absolute atomic E-state index is 11.1. The number of hydrogen-bond donors (Lipinski definition) is 2. The molecule has 0 saturated carbocycles. The van der Waals surface area contributed by atoms with Crippen molar-refractivity contribution in [3.05, 3.63) is 29.8 Å². The molecule has 0 spiro atoms. The van der Waals surface area contributed by atoms with Crippen LogP contribution in [0.25, 0.3) is 0 Å². The molecule has 3 N–H and O–H groups in total. The molecule has 0 aromatic heterocycles. The van der Waals surface area contributed by atoms with Gasteiger partial charge in [0, 0.05) is 19.8 Å². The number of nitrogens with zero attached hydrogens (tertiary/aromatic N) is 1. The van der Waals surface area contributed by atoms with Crippen molar-refractivity contribution in [1.82, 2.24) is 5.32 Å². The topological polar surface area (TPSA) is 58.4 Å². The second-order valence-electron chi connectivity index (χ2n) is 3.61. The highest BCUT2D eigenvalue weighted by atomic mass is 16.1. The molecule has 15 heavy (non-hydrogen) atoms. The quantitative estimate of drug-likeness (QED) is 0.756. The fraction of sp³-hybridized carbons (Fsp3) is 0.364. The summed E-state index contributed by atoms with van der Waals surface area (Å²) in [7, 11) is 5.66. The Bertz CT molecular complexity index is 332. The molecule has 1 aromatic rings. The molecule has 1 atom stereocenters. The number of rotatable bonds is 4. The maximum atomic E-state index is 11.1. The van der Waals surface area contributed by atoms with E-state index in [0.29, 0.717) is 0 Å². The number of likely N-dealkylation sites (N-methyl/N-ethyl adjacent to an activating group) is 1. The minimum Gasteiger partial charge on any atom is -0.378 e. The van der Waals surface area contributed by atoms with E-state index < -0.39 is 6.04 Å². The van der Waals surface area contributed by atoms with Crippen LogP contribution in [0.2, 0.25) is 0 Å². The lowest BCUT2D eigenvalue weighted by atomic mass is 10.1. The molecule has 4 nitrogen and oxygen atoms in total. The number of nitrogens with one attached hydrogen (secondary N) is 1. The van der Waals surface area contributed by atoms with Gasteiger partial charge in [-0.3, -0.25) is 4.79 Å². The highest BCUT2D eigenvalue weighted by Crippen LogP contribution is 2.17. The van der Waals surface area contributed by atoms with E-state index in [-0.39, 0.29) is 5.91 Å². The number of carbonyl (C=O) groups is 1. The lowest BCUT2D eigenvalue weighted by Gasteiger charge is -2.16. The maximum Gasteiger partial charge on any atom is 0.239 e. The van der Waals surface area contributed by atoms with Gasteiger partial charge in [0.25, 0.3) is 0 Å². The average Bonchev–Trinajstić information content (AvgIpc) is 2.19. The Kier molecular flexibility index (Phi) is 3.68. The Morgan fingerprint density at radius 1 is 1.33 bits per heavy atom. The minimum absolute atomic E-state index is 0.366. The summed E-state index contributed by atoms with van der Waals surface area (Å²) in [5.74, 6) is -0.366. The van der Waals surface area contributed by atoms with Crippen molar-refractivity contribution in [2.75, 3.05) is 26.0 Å². The summed E-state index contributed by atoms with van der Waals surface area (Å²) < 4.78 is 0. The molecule has 0 aliphatic rings. The van der Waals surface area contributed by atoms with Gasteiger partial charge in [-0.2, -0.15) is 0 Å². The first-order valence-electron chi connectivity index (χ1n) is 4.80. The predicted octanol–water partition coefficient (Wildman–Crippen LogP) is 0.498. The van der Waals surface area contributed by atoms with Crippen molar-refractivity contribution in [3.63, 3.8) is 0 Å². The first kappa shape index (κ1) is 11.5. The van der Waals surface area contributed by atoms with E-state index >= 15 is 0 Å². The van der Waals surface area contributed by atoms with E-state index in [4.69, 9.17) is 5.73 Å². The largest absolute Gasteiger partial charge is 0.378 e. The molecule has 1 unspecified atom stereocenters. The molecular formula is C11H17N3O. The molecule has 0 radical (unpaired) electrons. The van der Waals surface area contributed by atoms with E-state index in [1.165, 1.54) is 0 Å². The fourth-order valence-electron chi connectivity index (χ4n) is 1.44. The predicted molar refractivity (Wildman–Crippen MR) is 61.8 cm³/mol. The summed E-state index contributed by atoms with van der Waals surface area (Å²) in [5, 5.41) is 2.88. The van der Waals surface area contributed by atoms with Crippen LogP contribution in [0.15, 0.2) is 24.3 Å². The molecular weight excluding hydrogens is 190 g/mol. The van der Waals surface area contributed by atoms with Gasteiger partial charge in [0.1, 0.15) is 6.04 Å². The lowest BCUT2D eigenvalue weighted by molar-refractivity contribution is -0.120. The summed E-state index contributed by atoms with van der Waals surface area (Å²) in [6.45, 7) is 0. The van der Waals surface area contributed by atoms with Gasteiger partial charge in [-0.15, -0.1) is 0 Å². The van der Waals surface area contributed by atoms with E-state index in [1.54, 1.807) is 7.05 Å². The molecule has 0 heterocycles. The van der Waals surface area contributed by atoms with Crippen molar-refractivity contribution in [2.24, 2.45) is 5.73 Å². The third kappa shape index (κ3) is 2.70. The number of carbonyl (C=O) groups excluding carboxylic acids is 1. The molecule has 4 heteroatoms. The van der Waals surface area contributed by atoms with Crippen molar-refractivity contribution in [2.45, 2.75) is 6.04 Å². The molecule has 82 valence electrons. The smallest absolute Gasteiger partial charge is 0.239 e. The molecule has 1 amide bonds. The summed E-state index contributed by atoms with van der Waals surface area (Å²) in [5.41, 5.74) is 7.25. The van der Waals surface area contributed by atoms with Crippen LogP contribution in [0.4, 0.5) is 5.69 Å². The Hall–Kier alpha value is -1.55. The second kappa shape index (κ2) is 4.79. The first-order valence-corrected chi connectivity index (χ1v) is 4.80. The van der Waals surface area contributed by atoms with Crippen molar-refractivity contribution < 1.29 is 4.79 Å². The van der Waals surface area contributed by atoms with Crippen LogP contribution in [0, 0.1) is 0 Å². The Labute approximate surface area is 90.1 Å². The molecule has 1 aromatic carbocycles. The van der Waals surface area contributed by atoms with Crippen LogP contribution in [0.3, 0.4) is 0 Å². The molecule has 0 aliphatic carbocycles. The van der Waals surface area contributed by atoms with Crippen LogP contribution < -0.4 is 16.0 Å². The standard InChI is InChI=1S/C11H17N3O/c1-13-10(11(12)15)8-4-6-9(7-5-8)14(2)3/h4-7,10,13H,1-3H3,(H2,12,15). The third-order valence-electron chi connectivity index (χ3n) is 2.32. The van der Waals surface area contributed by atoms with Crippen LogP contribution in [-0.2, 0) is 4.79 Å². The first-order chi connectivity index (χ1) is 7.06. The second-order valence-corrected chi connectivity index (χ2v) is 3.61. The highest BCUT2D eigenvalue weighted by Gasteiger charge is 2.14. The van der Waals surface area contributed by atoms with Crippen LogP contribution in [0.5, 0.6) is 0 Å². The zero-order chi connectivity index (χ0) is 11.4. The van der Waals surface area contributed by atoms with E-state index in [1.807, 2.05) is 43.3 Å². The van der Waals surface area contributed by atoms with Gasteiger partial charge < -0.3 is 16.0 Å². The Morgan fingerprint density at radius 3 is 2.20 bits per heavy atom. The van der Waals surface area contributed by atoms with E-state index in [9.17, 15) is 4.79 Å². The average molecular weight is 207 g/mol. The Balaban J connectivity index is 2.92. The SMILES string of the molecule is CNC(C(N)=O)c1ccc(N(C)C)cc1. The van der Waals surface area contributed by atoms with Crippen molar-refractivity contribution in [3.8, 4) is 0 Å². The van der Waals surface area contributed by atoms with E-state index in [2.05, 4.69) is 5.32 Å². The van der Waals surface area contributed by atoms with Crippen molar-refractivity contribution in [1.29, 1.82) is 0 Å². The van der Waals surface area contributed by atoms with Crippen LogP contribution in [-0.4, -0.2) is 27.1 Å². The van der Waals surface area contributed by atoms with Gasteiger partial charge in [-0.1, -0.05) is 12.1 Å². The number of benzene rings is 1. The van der Waals surface area contributed by atoms with Gasteiger partial charge in [-0.25, -0.2) is 0 Å². The summed E-state index contributed by atoms with van der Waals surface area (Å²) in [4.78, 5) is 13.1. The third-order valence-corrected chi connectivity index (χ3v) is 2.32. The van der Waals surface area contributed by atoms with E-state index in [0.717, 1.165) is 11.3 Å². The van der Waals surface area contributed by atoms with Crippen LogP contribution in [0.1, 0.15) is 11.6 Å². The number of nitrogens with two attached hydrogens (primary N) is 1. The number of amides is 1. The minimum atomic E-state index is -0.416. The monoisotopic (exact) mass is 207 g/mol. The molecule has 0 bridgehead atoms. The van der Waals surface area contributed by atoms with Gasteiger partial charge in [-0.05, 0) is 24.7 Å².